The Kier molecular flexibility index (Phi) is 4.69. The van der Waals surface area contributed by atoms with E-state index >= 15 is 0 Å². The number of Topliss-reactive ketones (excluding diaryl/α,β-unsaturated/α-hetero) is 1. The van der Waals surface area contributed by atoms with Crippen LogP contribution in [0.2, 0.25) is 0 Å². The summed E-state index contributed by atoms with van der Waals surface area (Å²) in [4.78, 5) is 22.0. The maximum atomic E-state index is 11.2. The van der Waals surface area contributed by atoms with Gasteiger partial charge in [-0.25, -0.2) is 0 Å². The van der Waals surface area contributed by atoms with Crippen molar-refractivity contribution in [1.29, 1.82) is 0 Å². The van der Waals surface area contributed by atoms with Gasteiger partial charge in [0.15, 0.2) is 5.78 Å². The number of carboxylic acid groups (broad SMARTS) is 1. The molecule has 0 amide bonds. The molecule has 0 heterocycles. The van der Waals surface area contributed by atoms with Gasteiger partial charge in [0.2, 0.25) is 0 Å². The molecule has 4 nitrogen and oxygen atoms in total. The molecule has 0 fully saturated rings. The van der Waals surface area contributed by atoms with Crippen LogP contribution in [0.15, 0.2) is 24.3 Å². The smallest absolute Gasteiger partial charge is 0.308 e. The van der Waals surface area contributed by atoms with E-state index in [-0.39, 0.29) is 5.78 Å². The molecule has 1 unspecified atom stereocenters. The van der Waals surface area contributed by atoms with Crippen molar-refractivity contribution in [3.05, 3.63) is 29.8 Å². The third-order valence-electron chi connectivity index (χ3n) is 2.66. The largest absolute Gasteiger partial charge is 0.481 e. The van der Waals surface area contributed by atoms with Gasteiger partial charge in [-0.1, -0.05) is 19.1 Å². The minimum Gasteiger partial charge on any atom is -0.481 e. The van der Waals surface area contributed by atoms with E-state index in [4.69, 9.17) is 5.11 Å². The average molecular weight is 235 g/mol. The van der Waals surface area contributed by atoms with Crippen molar-refractivity contribution in [2.24, 2.45) is 5.92 Å². The number of nitrogens with one attached hydrogen (secondary N) is 1. The molecule has 1 aromatic carbocycles. The minimum absolute atomic E-state index is 0.000994. The molecule has 0 aromatic heterocycles. The van der Waals surface area contributed by atoms with Gasteiger partial charge in [-0.05, 0) is 25.5 Å². The number of ketones is 1. The van der Waals surface area contributed by atoms with E-state index in [1.807, 2.05) is 13.0 Å². The first-order valence-electron chi connectivity index (χ1n) is 5.62. The second kappa shape index (κ2) is 6.03. The molecule has 0 spiro atoms. The maximum absolute atomic E-state index is 11.2. The molecular formula is C13H17NO3. The Labute approximate surface area is 101 Å². The summed E-state index contributed by atoms with van der Waals surface area (Å²) in [5.74, 6) is -1.21. The molecule has 0 aliphatic carbocycles. The second-order valence-electron chi connectivity index (χ2n) is 3.96. The fourth-order valence-corrected chi connectivity index (χ4v) is 1.50. The molecule has 92 valence electrons. The number of hydrogen-bond donors (Lipinski definition) is 2. The highest BCUT2D eigenvalue weighted by Gasteiger charge is 2.14. The lowest BCUT2D eigenvalue weighted by molar-refractivity contribution is -0.141. The van der Waals surface area contributed by atoms with Crippen LogP contribution in [-0.2, 0) is 4.79 Å². The molecule has 1 atom stereocenters. The zero-order valence-electron chi connectivity index (χ0n) is 10.1. The summed E-state index contributed by atoms with van der Waals surface area (Å²) in [7, 11) is 0. The topological polar surface area (TPSA) is 66.4 Å². The number of carbonyl (C=O) groups is 2. The zero-order valence-corrected chi connectivity index (χ0v) is 10.1. The van der Waals surface area contributed by atoms with Crippen molar-refractivity contribution in [3.8, 4) is 0 Å². The van der Waals surface area contributed by atoms with Gasteiger partial charge in [-0.2, -0.15) is 0 Å². The SMILES string of the molecule is CCC(CNc1cccc(C(C)=O)c1)C(=O)O. The Morgan fingerprint density at radius 3 is 2.65 bits per heavy atom. The number of benzene rings is 1. The number of aliphatic carboxylic acids is 1. The first-order chi connectivity index (χ1) is 8.04. The van der Waals surface area contributed by atoms with E-state index in [0.29, 0.717) is 18.5 Å². The average Bonchev–Trinajstić information content (AvgIpc) is 2.29. The number of hydrogen-bond acceptors (Lipinski definition) is 3. The summed E-state index contributed by atoms with van der Waals surface area (Å²) in [6.07, 6.45) is 0.578. The van der Waals surface area contributed by atoms with Crippen LogP contribution in [0.25, 0.3) is 0 Å². The Morgan fingerprint density at radius 2 is 2.12 bits per heavy atom. The summed E-state index contributed by atoms with van der Waals surface area (Å²) >= 11 is 0. The maximum Gasteiger partial charge on any atom is 0.308 e. The van der Waals surface area contributed by atoms with Crippen LogP contribution >= 0.6 is 0 Å². The van der Waals surface area contributed by atoms with Crippen LogP contribution in [0.1, 0.15) is 30.6 Å². The number of carbonyl (C=O) groups excluding carboxylic acids is 1. The predicted molar refractivity (Wildman–Crippen MR) is 66.4 cm³/mol. The van der Waals surface area contributed by atoms with Gasteiger partial charge >= 0.3 is 5.97 Å². The van der Waals surface area contributed by atoms with Crippen molar-refractivity contribution < 1.29 is 14.7 Å². The summed E-state index contributed by atoms with van der Waals surface area (Å²) in [5.41, 5.74) is 1.40. The van der Waals surface area contributed by atoms with E-state index in [1.54, 1.807) is 18.2 Å². The first kappa shape index (κ1) is 13.2. The van der Waals surface area contributed by atoms with Crippen molar-refractivity contribution in [2.75, 3.05) is 11.9 Å². The molecule has 4 heteroatoms. The lowest BCUT2D eigenvalue weighted by Gasteiger charge is -2.12. The molecule has 0 saturated carbocycles. The van der Waals surface area contributed by atoms with E-state index in [0.717, 1.165) is 5.69 Å². The molecule has 0 saturated heterocycles. The van der Waals surface area contributed by atoms with E-state index in [1.165, 1.54) is 6.92 Å². The van der Waals surface area contributed by atoms with Crippen LogP contribution in [-0.4, -0.2) is 23.4 Å². The molecule has 0 radical (unpaired) electrons. The highest BCUT2D eigenvalue weighted by Crippen LogP contribution is 2.12. The lowest BCUT2D eigenvalue weighted by atomic mass is 10.1. The molecule has 1 rings (SSSR count). The Balaban J connectivity index is 2.66. The molecular weight excluding hydrogens is 218 g/mol. The zero-order chi connectivity index (χ0) is 12.8. The summed E-state index contributed by atoms with van der Waals surface area (Å²) in [6.45, 7) is 3.71. The monoisotopic (exact) mass is 235 g/mol. The van der Waals surface area contributed by atoms with E-state index in [2.05, 4.69) is 5.32 Å². The van der Waals surface area contributed by atoms with Crippen LogP contribution < -0.4 is 5.32 Å². The molecule has 0 aliphatic rings. The summed E-state index contributed by atoms with van der Waals surface area (Å²) in [6, 6.07) is 7.07. The van der Waals surface area contributed by atoms with Crippen LogP contribution in [0.5, 0.6) is 0 Å². The number of rotatable bonds is 6. The first-order valence-corrected chi connectivity index (χ1v) is 5.62. The van der Waals surface area contributed by atoms with Gasteiger partial charge in [0.1, 0.15) is 0 Å². The van der Waals surface area contributed by atoms with Crippen LogP contribution in [0, 0.1) is 5.92 Å². The fourth-order valence-electron chi connectivity index (χ4n) is 1.50. The number of carboxylic acids is 1. The Bertz CT molecular complexity index is 415. The molecule has 2 N–H and O–H groups in total. The predicted octanol–water partition coefficient (Wildman–Crippen LogP) is 2.41. The minimum atomic E-state index is -0.803. The lowest BCUT2D eigenvalue weighted by Crippen LogP contribution is -2.22. The fraction of sp³-hybridized carbons (Fsp3) is 0.385. The van der Waals surface area contributed by atoms with Crippen LogP contribution in [0.3, 0.4) is 0 Å². The summed E-state index contributed by atoms with van der Waals surface area (Å²) in [5, 5.41) is 11.9. The summed E-state index contributed by atoms with van der Waals surface area (Å²) < 4.78 is 0. The molecule has 17 heavy (non-hydrogen) atoms. The standard InChI is InChI=1S/C13H17NO3/c1-3-10(13(16)17)8-14-12-6-4-5-11(7-12)9(2)15/h4-7,10,14H,3,8H2,1-2H3,(H,16,17). The Morgan fingerprint density at radius 1 is 1.41 bits per heavy atom. The molecule has 1 aromatic rings. The van der Waals surface area contributed by atoms with Crippen molar-refractivity contribution >= 4 is 17.4 Å². The molecule has 0 bridgehead atoms. The van der Waals surface area contributed by atoms with Crippen molar-refractivity contribution in [3.63, 3.8) is 0 Å². The van der Waals surface area contributed by atoms with E-state index < -0.39 is 11.9 Å². The normalized spacial score (nSPS) is 11.9. The van der Waals surface area contributed by atoms with Gasteiger partial charge in [-0.15, -0.1) is 0 Å². The third-order valence-corrected chi connectivity index (χ3v) is 2.66. The second-order valence-corrected chi connectivity index (χ2v) is 3.96. The quantitative estimate of drug-likeness (QED) is 0.743. The highest BCUT2D eigenvalue weighted by atomic mass is 16.4. The van der Waals surface area contributed by atoms with Gasteiger partial charge in [0.25, 0.3) is 0 Å². The highest BCUT2D eigenvalue weighted by molar-refractivity contribution is 5.94. The van der Waals surface area contributed by atoms with Crippen molar-refractivity contribution in [1.82, 2.24) is 0 Å². The third kappa shape index (κ3) is 3.90. The molecule has 0 aliphatic heterocycles. The van der Waals surface area contributed by atoms with Crippen molar-refractivity contribution in [2.45, 2.75) is 20.3 Å². The van der Waals surface area contributed by atoms with Gasteiger partial charge in [0.05, 0.1) is 5.92 Å². The Hall–Kier alpha value is -1.84. The van der Waals surface area contributed by atoms with Gasteiger partial charge < -0.3 is 10.4 Å². The van der Waals surface area contributed by atoms with Gasteiger partial charge in [-0.3, -0.25) is 9.59 Å². The van der Waals surface area contributed by atoms with E-state index in [9.17, 15) is 9.59 Å². The van der Waals surface area contributed by atoms with Gasteiger partial charge in [0, 0.05) is 17.8 Å². The number of anilines is 1. The van der Waals surface area contributed by atoms with Crippen LogP contribution in [0.4, 0.5) is 5.69 Å².